The molecule has 0 radical (unpaired) electrons. The smallest absolute Gasteiger partial charge is 0.408 e. The van der Waals surface area contributed by atoms with Crippen LogP contribution in [0.2, 0.25) is 0 Å². The number of ether oxygens (including phenoxy) is 2. The van der Waals surface area contributed by atoms with Gasteiger partial charge in [0.05, 0.1) is 6.04 Å². The first-order chi connectivity index (χ1) is 20.8. The van der Waals surface area contributed by atoms with E-state index in [1.807, 2.05) is 13.8 Å². The van der Waals surface area contributed by atoms with Gasteiger partial charge >= 0.3 is 12.1 Å². The Hall–Kier alpha value is -2.89. The summed E-state index contributed by atoms with van der Waals surface area (Å²) >= 11 is 0. The molecule has 0 saturated heterocycles. The first-order valence-electron chi connectivity index (χ1n) is 16.6. The molecule has 0 spiro atoms. The summed E-state index contributed by atoms with van der Waals surface area (Å²) in [4.78, 5) is 56.5. The van der Waals surface area contributed by atoms with Crippen LogP contribution >= 0.6 is 0 Å². The molecule has 1 aliphatic rings. The van der Waals surface area contributed by atoms with E-state index in [9.17, 15) is 19.2 Å². The van der Waals surface area contributed by atoms with Crippen LogP contribution < -0.4 is 27.0 Å². The van der Waals surface area contributed by atoms with Gasteiger partial charge in [-0.3, -0.25) is 9.59 Å². The molecular formula is C32H60N6O6. The lowest BCUT2D eigenvalue weighted by atomic mass is 9.96. The van der Waals surface area contributed by atoms with Gasteiger partial charge in [-0.15, -0.1) is 0 Å². The van der Waals surface area contributed by atoms with Gasteiger partial charge < -0.3 is 36.5 Å². The van der Waals surface area contributed by atoms with Crippen LogP contribution in [0, 0.1) is 5.92 Å². The molecule has 254 valence electrons. The number of unbranched alkanes of at least 4 members (excludes halogenated alkanes) is 1. The second kappa shape index (κ2) is 21.0. The number of aliphatic imine (C=N–C) groups is 1. The molecule has 44 heavy (non-hydrogen) atoms. The molecule has 3 amide bonds. The maximum absolute atomic E-state index is 13.3. The Morgan fingerprint density at radius 1 is 0.909 bits per heavy atom. The van der Waals surface area contributed by atoms with Crippen LogP contribution in [0.15, 0.2) is 4.99 Å². The number of rotatable bonds is 17. The van der Waals surface area contributed by atoms with Crippen LogP contribution in [0.25, 0.3) is 0 Å². The Labute approximate surface area is 264 Å². The second-order valence-corrected chi connectivity index (χ2v) is 13.1. The average Bonchev–Trinajstić information content (AvgIpc) is 2.94. The summed E-state index contributed by atoms with van der Waals surface area (Å²) in [5.74, 6) is -1.59. The Bertz CT molecular complexity index is 913. The fourth-order valence-corrected chi connectivity index (χ4v) is 4.98. The number of hydrogen-bond acceptors (Lipinski definition) is 8. The summed E-state index contributed by atoms with van der Waals surface area (Å²) in [5, 5.41) is 11.3. The number of nitrogens with zero attached hydrogens (tertiary/aromatic N) is 1. The van der Waals surface area contributed by atoms with Crippen molar-refractivity contribution in [1.82, 2.24) is 21.3 Å². The van der Waals surface area contributed by atoms with Gasteiger partial charge in [0.25, 0.3) is 6.02 Å². The Kier molecular flexibility index (Phi) is 18.6. The molecule has 0 aliphatic heterocycles. The van der Waals surface area contributed by atoms with E-state index in [1.165, 1.54) is 6.42 Å². The third-order valence-electron chi connectivity index (χ3n) is 7.24. The van der Waals surface area contributed by atoms with Crippen molar-refractivity contribution in [3.8, 4) is 0 Å². The van der Waals surface area contributed by atoms with E-state index >= 15 is 0 Å². The van der Waals surface area contributed by atoms with Crippen molar-refractivity contribution in [3.63, 3.8) is 0 Å². The fraction of sp³-hybridized carbons (Fsp3) is 0.844. The van der Waals surface area contributed by atoms with Gasteiger partial charge in [0.2, 0.25) is 11.8 Å². The monoisotopic (exact) mass is 624 g/mol. The number of esters is 1. The molecular weight excluding hydrogens is 564 g/mol. The molecule has 0 aromatic carbocycles. The molecule has 0 aromatic rings. The molecule has 6 N–H and O–H groups in total. The van der Waals surface area contributed by atoms with Crippen LogP contribution in [-0.2, 0) is 23.9 Å². The first-order valence-corrected chi connectivity index (χ1v) is 16.6. The number of nitrogens with two attached hydrogens (primary N) is 1. The minimum Gasteiger partial charge on any atom is -0.444 e. The molecule has 12 nitrogen and oxygen atoms in total. The van der Waals surface area contributed by atoms with Gasteiger partial charge in [-0.1, -0.05) is 53.4 Å². The third-order valence-corrected chi connectivity index (χ3v) is 7.24. The quantitative estimate of drug-likeness (QED) is 0.0697. The van der Waals surface area contributed by atoms with Crippen LogP contribution in [0.3, 0.4) is 0 Å². The second-order valence-electron chi connectivity index (χ2n) is 13.1. The predicted molar refractivity (Wildman–Crippen MR) is 173 cm³/mol. The van der Waals surface area contributed by atoms with Gasteiger partial charge in [0, 0.05) is 6.04 Å². The summed E-state index contributed by atoms with van der Waals surface area (Å²) in [7, 11) is 0. The van der Waals surface area contributed by atoms with E-state index < -0.39 is 41.6 Å². The number of amidine groups is 1. The van der Waals surface area contributed by atoms with Crippen LogP contribution in [0.5, 0.6) is 0 Å². The van der Waals surface area contributed by atoms with Crippen molar-refractivity contribution >= 4 is 29.9 Å². The molecule has 1 unspecified atom stereocenters. The lowest BCUT2D eigenvalue weighted by molar-refractivity contribution is -0.137. The molecule has 3 atom stereocenters. The maximum atomic E-state index is 13.3. The largest absolute Gasteiger partial charge is 0.444 e. The number of alkyl carbamates (subject to hydrolysis) is 1. The standard InChI is InChI=1S/C32H60N6O6/c1-8-15-23(9-2)35-30(36-24-16-11-10-12-17-24)43-27(39)21-34-28(40)25(18-13-14-19-33)37-29(41)26(20-22(3)4)38-31(42)44-32(5,6)7/h22-26H,8-21,33H2,1-7H3,(H,34,40)(H,35,36)(H,37,41)(H,38,42)/t23?,25-,26+/m1/s1. The highest BCUT2D eigenvalue weighted by Gasteiger charge is 2.29. The van der Waals surface area contributed by atoms with E-state index in [0.29, 0.717) is 32.2 Å². The molecule has 1 fully saturated rings. The Balaban J connectivity index is 2.93. The van der Waals surface area contributed by atoms with Crippen molar-refractivity contribution in [2.24, 2.45) is 16.6 Å². The molecule has 1 rings (SSSR count). The summed E-state index contributed by atoms with van der Waals surface area (Å²) < 4.78 is 11.0. The van der Waals surface area contributed by atoms with E-state index in [0.717, 1.165) is 44.9 Å². The highest BCUT2D eigenvalue weighted by Crippen LogP contribution is 2.20. The van der Waals surface area contributed by atoms with E-state index in [4.69, 9.17) is 20.2 Å². The summed E-state index contributed by atoms with van der Waals surface area (Å²) in [6, 6.07) is -1.41. The molecule has 0 aromatic heterocycles. The number of carbonyl (C=O) groups excluding carboxylic acids is 4. The minimum absolute atomic E-state index is 0.0858. The van der Waals surface area contributed by atoms with Crippen molar-refractivity contribution in [2.45, 2.75) is 155 Å². The lowest BCUT2D eigenvalue weighted by Crippen LogP contribution is -2.55. The first kappa shape index (κ1) is 39.1. The average molecular weight is 625 g/mol. The maximum Gasteiger partial charge on any atom is 0.408 e. The SMILES string of the molecule is CCCC(CC)NC(=NC1CCCCC1)OC(=O)CNC(=O)[C@@H](CCCCN)NC(=O)[C@H](CC(C)C)NC(=O)OC(C)(C)C. The Morgan fingerprint density at radius 2 is 1.59 bits per heavy atom. The van der Waals surface area contributed by atoms with Crippen LogP contribution in [0.1, 0.15) is 126 Å². The predicted octanol–water partition coefficient (Wildman–Crippen LogP) is 4.06. The molecule has 12 heteroatoms. The minimum atomic E-state index is -0.931. The van der Waals surface area contributed by atoms with Crippen LogP contribution in [-0.4, -0.2) is 72.8 Å². The zero-order valence-electron chi connectivity index (χ0n) is 28.3. The number of amides is 3. The highest BCUT2D eigenvalue weighted by molar-refractivity contribution is 5.94. The topological polar surface area (TPSA) is 173 Å². The van der Waals surface area contributed by atoms with Gasteiger partial charge in [0.15, 0.2) is 0 Å². The Morgan fingerprint density at radius 3 is 2.16 bits per heavy atom. The highest BCUT2D eigenvalue weighted by atomic mass is 16.6. The fourth-order valence-electron chi connectivity index (χ4n) is 4.98. The zero-order valence-corrected chi connectivity index (χ0v) is 28.3. The summed E-state index contributed by atoms with van der Waals surface area (Å²) in [6.45, 7) is 13.3. The lowest BCUT2D eigenvalue weighted by Gasteiger charge is -2.26. The molecule has 0 bridgehead atoms. The number of hydrogen-bond donors (Lipinski definition) is 5. The molecule has 1 saturated carbocycles. The number of nitrogens with one attached hydrogen (secondary N) is 4. The van der Waals surface area contributed by atoms with Crippen molar-refractivity contribution < 1.29 is 28.7 Å². The van der Waals surface area contributed by atoms with Gasteiger partial charge in [0.1, 0.15) is 24.2 Å². The van der Waals surface area contributed by atoms with E-state index in [-0.39, 0.29) is 30.6 Å². The third kappa shape index (κ3) is 17.4. The van der Waals surface area contributed by atoms with Crippen molar-refractivity contribution in [1.29, 1.82) is 0 Å². The zero-order chi connectivity index (χ0) is 33.1. The molecule has 0 heterocycles. The van der Waals surface area contributed by atoms with Crippen molar-refractivity contribution in [2.75, 3.05) is 13.1 Å². The number of carbonyl (C=O) groups is 4. The van der Waals surface area contributed by atoms with E-state index in [2.05, 4.69) is 35.1 Å². The van der Waals surface area contributed by atoms with E-state index in [1.54, 1.807) is 20.8 Å². The van der Waals surface area contributed by atoms with Gasteiger partial charge in [-0.05, 0) is 84.6 Å². The van der Waals surface area contributed by atoms with Gasteiger partial charge in [-0.25, -0.2) is 14.6 Å². The summed E-state index contributed by atoms with van der Waals surface area (Å²) in [5.41, 5.74) is 4.92. The normalized spacial score (nSPS) is 16.4. The van der Waals surface area contributed by atoms with Gasteiger partial charge in [-0.2, -0.15) is 0 Å². The summed E-state index contributed by atoms with van der Waals surface area (Å²) in [6.07, 6.45) is 9.24. The van der Waals surface area contributed by atoms with Crippen molar-refractivity contribution in [3.05, 3.63) is 0 Å². The molecule has 1 aliphatic carbocycles. The van der Waals surface area contributed by atoms with Crippen LogP contribution in [0.4, 0.5) is 4.79 Å².